The minimum atomic E-state index is -0.692. The van der Waals surface area contributed by atoms with Gasteiger partial charge in [-0.25, -0.2) is 4.79 Å². The van der Waals surface area contributed by atoms with Gasteiger partial charge in [-0.2, -0.15) is 0 Å². The van der Waals surface area contributed by atoms with Crippen LogP contribution in [-0.4, -0.2) is 49.1 Å². The summed E-state index contributed by atoms with van der Waals surface area (Å²) < 4.78 is 10.9. The maximum Gasteiger partial charge on any atom is 0.328 e. The number of amides is 2. The summed E-state index contributed by atoms with van der Waals surface area (Å²) in [7, 11) is 1.35. The first-order valence-corrected chi connectivity index (χ1v) is 21.0. The van der Waals surface area contributed by atoms with Gasteiger partial charge in [-0.05, 0) is 135 Å². The van der Waals surface area contributed by atoms with Crippen LogP contribution in [0.25, 0.3) is 0 Å². The largest absolute Gasteiger partial charge is 0.467 e. The third-order valence-corrected chi connectivity index (χ3v) is 18.1. The highest BCUT2D eigenvalue weighted by Crippen LogP contribution is 2.77. The molecule has 0 radical (unpaired) electrons. The van der Waals surface area contributed by atoms with E-state index >= 15 is 0 Å². The van der Waals surface area contributed by atoms with E-state index < -0.39 is 22.8 Å². The molecule has 0 aromatic rings. The molecule has 13 atom stereocenters. The summed E-state index contributed by atoms with van der Waals surface area (Å²) >= 11 is 0. The van der Waals surface area contributed by atoms with Crippen LogP contribution in [-0.2, 0) is 28.7 Å². The van der Waals surface area contributed by atoms with Crippen LogP contribution < -0.4 is 10.6 Å². The Labute approximate surface area is 320 Å². The van der Waals surface area contributed by atoms with Crippen LogP contribution >= 0.6 is 0 Å². The number of carbonyl (C=O) groups excluding carboxylic acids is 4. The van der Waals surface area contributed by atoms with Crippen LogP contribution in [0, 0.1) is 73.9 Å². The molecular weight excluding hydrogens is 665 g/mol. The molecule has 0 aromatic heterocycles. The molecule has 0 spiro atoms. The van der Waals surface area contributed by atoms with E-state index in [0.29, 0.717) is 30.1 Å². The van der Waals surface area contributed by atoms with Crippen molar-refractivity contribution in [2.24, 2.45) is 73.9 Å². The van der Waals surface area contributed by atoms with E-state index in [1.807, 2.05) is 13.8 Å². The van der Waals surface area contributed by atoms with Crippen LogP contribution in [0.3, 0.4) is 0 Å². The number of hydrogen-bond donors (Lipinski definition) is 2. The normalized spacial score (nSPS) is 44.1. The number of esters is 2. The maximum atomic E-state index is 15.0. The standard InChI is InChI=1S/C45H72N2O6/c1-25(2)28-16-21-45(39(51)46-33-24-30(40(33,6)7)37(49)47-36(26(3)4)38(50)52-13)23-22-43(11)29(35(28)45)14-15-32-42(10)19-18-34(53-27(5)48)41(8,9)31(42)17-20-44(32,43)12/h26,28-36H,1,14-24H2,2-13H3,(H,46,51)(H,47,49)/t28-,29+,30+,31-,32+,33+,34-,35+,36-,42-,43+,44+,45-/m0/s1. The Hall–Kier alpha value is -2.38. The molecule has 6 aliphatic rings. The number of allylic oxidation sites excluding steroid dienone is 1. The summed E-state index contributed by atoms with van der Waals surface area (Å²) in [6, 6.07) is -0.801. The average Bonchev–Trinajstić information content (AvgIpc) is 3.47. The Kier molecular flexibility index (Phi) is 10.2. The fourth-order valence-electron chi connectivity index (χ4n) is 14.7. The van der Waals surface area contributed by atoms with Crippen molar-refractivity contribution in [2.45, 2.75) is 165 Å². The number of carbonyl (C=O) groups is 4. The summed E-state index contributed by atoms with van der Waals surface area (Å²) in [6.07, 6.45) is 11.1. The lowest BCUT2D eigenvalue weighted by Crippen LogP contribution is -2.68. The van der Waals surface area contributed by atoms with Gasteiger partial charge in [-0.1, -0.05) is 74.5 Å². The molecule has 6 fully saturated rings. The summed E-state index contributed by atoms with van der Waals surface area (Å²) in [5, 5.41) is 6.52. The topological polar surface area (TPSA) is 111 Å². The zero-order valence-corrected chi connectivity index (χ0v) is 35.2. The molecule has 6 rings (SSSR count). The van der Waals surface area contributed by atoms with Crippen molar-refractivity contribution in [1.82, 2.24) is 10.6 Å². The zero-order chi connectivity index (χ0) is 39.3. The summed E-state index contributed by atoms with van der Waals surface area (Å²) in [4.78, 5) is 52.9. The molecule has 2 N–H and O–H groups in total. The van der Waals surface area contributed by atoms with E-state index in [9.17, 15) is 19.2 Å². The molecule has 298 valence electrons. The molecule has 0 heterocycles. The Bertz CT molecular complexity index is 1520. The molecule has 0 bridgehead atoms. The van der Waals surface area contributed by atoms with Gasteiger partial charge in [0.1, 0.15) is 12.1 Å². The summed E-state index contributed by atoms with van der Waals surface area (Å²) in [5.41, 5.74) is 0.722. The fourth-order valence-corrected chi connectivity index (χ4v) is 14.7. The van der Waals surface area contributed by atoms with E-state index in [2.05, 4.69) is 72.6 Å². The second kappa shape index (κ2) is 13.4. The van der Waals surface area contributed by atoms with Gasteiger partial charge in [-0.3, -0.25) is 14.4 Å². The van der Waals surface area contributed by atoms with Crippen LogP contribution in [0.4, 0.5) is 0 Å². The Morgan fingerprint density at radius 1 is 0.774 bits per heavy atom. The molecule has 8 nitrogen and oxygen atoms in total. The third kappa shape index (κ3) is 5.86. The second-order valence-corrected chi connectivity index (χ2v) is 21.2. The number of hydrogen-bond acceptors (Lipinski definition) is 6. The van der Waals surface area contributed by atoms with Crippen molar-refractivity contribution in [3.63, 3.8) is 0 Å². The van der Waals surface area contributed by atoms with E-state index in [0.717, 1.165) is 51.4 Å². The molecule has 0 aromatic carbocycles. The molecular formula is C45H72N2O6. The Morgan fingerprint density at radius 2 is 1.45 bits per heavy atom. The molecule has 6 saturated carbocycles. The van der Waals surface area contributed by atoms with Gasteiger partial charge in [0, 0.05) is 24.3 Å². The number of methoxy groups -OCH3 is 1. The number of nitrogens with one attached hydrogen (secondary N) is 2. The quantitative estimate of drug-likeness (QED) is 0.191. The first-order valence-electron chi connectivity index (χ1n) is 21.0. The lowest BCUT2D eigenvalue weighted by atomic mass is 9.32. The maximum absolute atomic E-state index is 15.0. The van der Waals surface area contributed by atoms with Crippen molar-refractivity contribution in [2.75, 3.05) is 7.11 Å². The smallest absolute Gasteiger partial charge is 0.328 e. The van der Waals surface area contributed by atoms with Crippen molar-refractivity contribution < 1.29 is 28.7 Å². The highest BCUT2D eigenvalue weighted by Gasteiger charge is 2.72. The zero-order valence-electron chi connectivity index (χ0n) is 35.2. The van der Waals surface area contributed by atoms with Gasteiger partial charge in [0.2, 0.25) is 11.8 Å². The van der Waals surface area contributed by atoms with Crippen LogP contribution in [0.15, 0.2) is 12.2 Å². The molecule has 2 amide bonds. The summed E-state index contributed by atoms with van der Waals surface area (Å²) in [5.74, 6) is 1.18. The van der Waals surface area contributed by atoms with E-state index in [1.165, 1.54) is 25.5 Å². The highest BCUT2D eigenvalue weighted by molar-refractivity contribution is 5.88. The van der Waals surface area contributed by atoms with Crippen molar-refractivity contribution in [1.29, 1.82) is 0 Å². The van der Waals surface area contributed by atoms with E-state index in [1.54, 1.807) is 6.92 Å². The van der Waals surface area contributed by atoms with Gasteiger partial charge in [0.05, 0.1) is 12.5 Å². The molecule has 8 heteroatoms. The van der Waals surface area contributed by atoms with Gasteiger partial charge < -0.3 is 20.1 Å². The van der Waals surface area contributed by atoms with Crippen LogP contribution in [0.2, 0.25) is 0 Å². The van der Waals surface area contributed by atoms with Gasteiger partial charge in [0.15, 0.2) is 0 Å². The average molecular weight is 737 g/mol. The van der Waals surface area contributed by atoms with Crippen LogP contribution in [0.5, 0.6) is 0 Å². The molecule has 0 unspecified atom stereocenters. The second-order valence-electron chi connectivity index (χ2n) is 21.2. The van der Waals surface area contributed by atoms with Crippen molar-refractivity contribution >= 4 is 23.8 Å². The third-order valence-electron chi connectivity index (χ3n) is 18.1. The lowest BCUT2D eigenvalue weighted by Gasteiger charge is -2.73. The molecule has 0 saturated heterocycles. The van der Waals surface area contributed by atoms with E-state index in [-0.39, 0.29) is 69.3 Å². The Balaban J connectivity index is 1.23. The van der Waals surface area contributed by atoms with Gasteiger partial charge in [-0.15, -0.1) is 0 Å². The van der Waals surface area contributed by atoms with Crippen molar-refractivity contribution in [3.8, 4) is 0 Å². The number of rotatable bonds is 8. The van der Waals surface area contributed by atoms with E-state index in [4.69, 9.17) is 9.47 Å². The predicted octanol–water partition coefficient (Wildman–Crippen LogP) is 8.42. The molecule has 53 heavy (non-hydrogen) atoms. The summed E-state index contributed by atoms with van der Waals surface area (Å²) in [6.45, 7) is 28.7. The first-order chi connectivity index (χ1) is 24.5. The van der Waals surface area contributed by atoms with Gasteiger partial charge >= 0.3 is 11.9 Å². The first kappa shape index (κ1) is 40.3. The Morgan fingerprint density at radius 3 is 2.04 bits per heavy atom. The number of fused-ring (bicyclic) bond motifs is 7. The minimum Gasteiger partial charge on any atom is -0.467 e. The molecule has 0 aliphatic heterocycles. The molecule has 6 aliphatic carbocycles. The van der Waals surface area contributed by atoms with Gasteiger partial charge in [0.25, 0.3) is 0 Å². The van der Waals surface area contributed by atoms with Crippen LogP contribution in [0.1, 0.15) is 147 Å². The minimum absolute atomic E-state index is 0.0277. The fraction of sp³-hybridized carbons (Fsp3) is 0.867. The highest BCUT2D eigenvalue weighted by atomic mass is 16.5. The van der Waals surface area contributed by atoms with Crippen molar-refractivity contribution in [3.05, 3.63) is 12.2 Å². The monoisotopic (exact) mass is 737 g/mol. The lowest BCUT2D eigenvalue weighted by molar-refractivity contribution is -0.249. The number of ether oxygens (including phenoxy) is 2. The predicted molar refractivity (Wildman–Crippen MR) is 207 cm³/mol. The SMILES string of the molecule is C=C(C)[C@@H]1CC[C@]2(C(=O)N[C@@H]3C[C@H](C(=O)N[C@H](C(=O)OC)C(C)C)C3(C)C)CC[C@]3(C)[C@H](CC[C@@H]4[C@@]5(C)CC[C@H](OC(C)=O)C(C)(C)[C@@H]5CC[C@]43C)[C@@H]12.